The predicted octanol–water partition coefficient (Wildman–Crippen LogP) is 5.12. The number of carbonyl (C=O) groups excluding carboxylic acids is 1. The Bertz CT molecular complexity index is 1380. The monoisotopic (exact) mass is 519 g/mol. The van der Waals surface area contributed by atoms with Gasteiger partial charge in [-0.25, -0.2) is 13.9 Å². The third kappa shape index (κ3) is 4.52. The summed E-state index contributed by atoms with van der Waals surface area (Å²) in [6.45, 7) is 3.83. The van der Waals surface area contributed by atoms with E-state index in [9.17, 15) is 14.7 Å². The summed E-state index contributed by atoms with van der Waals surface area (Å²) >= 11 is 0. The lowest BCUT2D eigenvalue weighted by atomic mass is 9.82. The molecule has 1 aromatic carbocycles. The first-order valence-corrected chi connectivity index (χ1v) is 13.9. The van der Waals surface area contributed by atoms with Crippen molar-refractivity contribution in [3.05, 3.63) is 47.5 Å². The Labute approximate surface area is 221 Å². The van der Waals surface area contributed by atoms with Gasteiger partial charge in [-0.3, -0.25) is 9.59 Å². The number of amides is 1. The maximum absolute atomic E-state index is 15.4. The number of likely N-dealkylation sites (tertiary alicyclic amines) is 1. The molecule has 0 radical (unpaired) electrons. The van der Waals surface area contributed by atoms with E-state index in [0.29, 0.717) is 53.7 Å². The van der Waals surface area contributed by atoms with Crippen LogP contribution in [0.15, 0.2) is 30.3 Å². The first-order chi connectivity index (χ1) is 18.4. The van der Waals surface area contributed by atoms with Crippen LogP contribution in [0, 0.1) is 11.7 Å². The lowest BCUT2D eigenvalue weighted by Gasteiger charge is -2.29. The molecule has 0 bridgehead atoms. The van der Waals surface area contributed by atoms with Crippen LogP contribution in [0.1, 0.15) is 80.4 Å². The fraction of sp³-hybridized carbons (Fsp3) is 0.517. The Hall–Kier alpha value is -3.49. The number of carboxylic acid groups (broad SMARTS) is 1. The zero-order valence-corrected chi connectivity index (χ0v) is 21.8. The van der Waals surface area contributed by atoms with Crippen LogP contribution in [-0.4, -0.2) is 62.2 Å². The van der Waals surface area contributed by atoms with Gasteiger partial charge >= 0.3 is 5.97 Å². The van der Waals surface area contributed by atoms with Crippen LogP contribution < -0.4 is 4.90 Å². The Morgan fingerprint density at radius 1 is 1.00 bits per heavy atom. The molecule has 3 aliphatic rings. The quantitative estimate of drug-likeness (QED) is 0.503. The lowest BCUT2D eigenvalue weighted by molar-refractivity contribution is -0.140. The largest absolute Gasteiger partial charge is 0.481 e. The van der Waals surface area contributed by atoms with E-state index < -0.39 is 17.7 Å². The van der Waals surface area contributed by atoms with Gasteiger partial charge in [0.2, 0.25) is 0 Å². The average Bonchev–Trinajstić information content (AvgIpc) is 3.47. The highest BCUT2D eigenvalue weighted by atomic mass is 19.1. The highest BCUT2D eigenvalue weighted by Gasteiger charge is 2.30. The van der Waals surface area contributed by atoms with E-state index in [-0.39, 0.29) is 11.9 Å². The number of carbonyl (C=O) groups is 2. The van der Waals surface area contributed by atoms with Crippen LogP contribution in [0.4, 0.5) is 10.1 Å². The highest BCUT2D eigenvalue weighted by molar-refractivity contribution is 5.93. The zero-order chi connectivity index (χ0) is 26.4. The molecule has 3 fully saturated rings. The van der Waals surface area contributed by atoms with Crippen molar-refractivity contribution in [2.24, 2.45) is 5.92 Å². The molecule has 1 N–H and O–H groups in total. The second-order valence-corrected chi connectivity index (χ2v) is 11.1. The van der Waals surface area contributed by atoms with E-state index >= 15 is 4.39 Å². The number of anilines is 1. The number of nitrogens with zero attached hydrogens (tertiary/aromatic N) is 5. The van der Waals surface area contributed by atoms with Gasteiger partial charge in [0.05, 0.1) is 11.6 Å². The van der Waals surface area contributed by atoms with Crippen molar-refractivity contribution in [1.29, 1.82) is 0 Å². The summed E-state index contributed by atoms with van der Waals surface area (Å²) in [5, 5.41) is 14.0. The van der Waals surface area contributed by atoms with Gasteiger partial charge in [-0.2, -0.15) is 5.10 Å². The Morgan fingerprint density at radius 3 is 2.55 bits per heavy atom. The van der Waals surface area contributed by atoms with E-state index in [1.165, 1.54) is 6.07 Å². The maximum atomic E-state index is 15.4. The van der Waals surface area contributed by atoms with Crippen molar-refractivity contribution in [2.75, 3.05) is 24.5 Å². The maximum Gasteiger partial charge on any atom is 0.308 e. The van der Waals surface area contributed by atoms with E-state index in [0.717, 1.165) is 57.2 Å². The molecule has 0 spiro atoms. The summed E-state index contributed by atoms with van der Waals surface area (Å²) in [6, 6.07) is 8.83. The standard InChI is InChI=1S/C29H34FN5O3/c1-18-6-3-2-4-12-34(18)28(36)25-15-26(19-7-5-8-19)35-27(31-25)16-24(32-35)22-10-9-21(14-23(22)30)33-13-11-20(17-33)29(37)38/h9-10,14-16,18-20H,2-8,11-13,17H2,1H3,(H,37,38)/t18-,20+/m1/s1. The SMILES string of the molecule is C[C@@H]1CCCCCN1C(=O)c1cc(C2CCC2)n2nc(-c3ccc(N4CC[C@H](C(=O)O)C4)cc3F)cc2n1. The average molecular weight is 520 g/mol. The first kappa shape index (κ1) is 24.8. The summed E-state index contributed by atoms with van der Waals surface area (Å²) in [6.07, 6.45) is 8.07. The molecule has 2 aromatic heterocycles. The van der Waals surface area contributed by atoms with Crippen molar-refractivity contribution >= 4 is 23.2 Å². The van der Waals surface area contributed by atoms with Gasteiger partial charge in [0.15, 0.2) is 5.65 Å². The molecule has 2 aliphatic heterocycles. The van der Waals surface area contributed by atoms with Crippen LogP contribution in [-0.2, 0) is 4.79 Å². The lowest BCUT2D eigenvalue weighted by Crippen LogP contribution is -2.38. The molecule has 1 saturated carbocycles. The number of benzene rings is 1. The number of aliphatic carboxylic acids is 1. The second kappa shape index (κ2) is 10.0. The molecule has 9 heteroatoms. The first-order valence-electron chi connectivity index (χ1n) is 13.9. The summed E-state index contributed by atoms with van der Waals surface area (Å²) in [4.78, 5) is 33.5. The second-order valence-electron chi connectivity index (χ2n) is 11.1. The van der Waals surface area contributed by atoms with Gasteiger partial charge in [-0.05, 0) is 63.3 Å². The van der Waals surface area contributed by atoms with Gasteiger partial charge in [-0.15, -0.1) is 0 Å². The minimum absolute atomic E-state index is 0.0361. The third-order valence-corrected chi connectivity index (χ3v) is 8.64. The van der Waals surface area contributed by atoms with Crippen LogP contribution in [0.5, 0.6) is 0 Å². The molecule has 6 rings (SSSR count). The van der Waals surface area contributed by atoms with Crippen molar-refractivity contribution in [3.63, 3.8) is 0 Å². The summed E-state index contributed by atoms with van der Waals surface area (Å²) in [5.74, 6) is -1.38. The molecule has 8 nitrogen and oxygen atoms in total. The molecule has 0 unspecified atom stereocenters. The van der Waals surface area contributed by atoms with E-state index in [2.05, 4.69) is 6.92 Å². The third-order valence-electron chi connectivity index (χ3n) is 8.64. The molecule has 4 heterocycles. The predicted molar refractivity (Wildman–Crippen MR) is 142 cm³/mol. The van der Waals surface area contributed by atoms with Gasteiger partial charge in [-0.1, -0.05) is 19.3 Å². The van der Waals surface area contributed by atoms with Gasteiger partial charge in [0.1, 0.15) is 11.5 Å². The number of fused-ring (bicyclic) bond motifs is 1. The number of rotatable bonds is 5. The zero-order valence-electron chi connectivity index (χ0n) is 21.8. The molecule has 2 saturated heterocycles. The number of hydrogen-bond acceptors (Lipinski definition) is 5. The summed E-state index contributed by atoms with van der Waals surface area (Å²) < 4.78 is 17.2. The molecule has 3 aromatic rings. The minimum atomic E-state index is -0.813. The summed E-state index contributed by atoms with van der Waals surface area (Å²) in [5.41, 5.74) is 3.47. The summed E-state index contributed by atoms with van der Waals surface area (Å²) in [7, 11) is 0. The van der Waals surface area contributed by atoms with E-state index in [1.54, 1.807) is 16.6 Å². The topological polar surface area (TPSA) is 91.0 Å². The van der Waals surface area contributed by atoms with Crippen LogP contribution >= 0.6 is 0 Å². The Balaban J connectivity index is 1.34. The van der Waals surface area contributed by atoms with Crippen molar-refractivity contribution < 1.29 is 19.1 Å². The Morgan fingerprint density at radius 2 is 1.84 bits per heavy atom. The van der Waals surface area contributed by atoms with Crippen LogP contribution in [0.2, 0.25) is 0 Å². The fourth-order valence-corrected chi connectivity index (χ4v) is 6.06. The fourth-order valence-electron chi connectivity index (χ4n) is 6.06. The van der Waals surface area contributed by atoms with Gasteiger partial charge < -0.3 is 14.9 Å². The Kier molecular flexibility index (Phi) is 6.53. The van der Waals surface area contributed by atoms with Gasteiger partial charge in [0, 0.05) is 54.6 Å². The van der Waals surface area contributed by atoms with Crippen molar-refractivity contribution in [2.45, 2.75) is 70.3 Å². The van der Waals surface area contributed by atoms with E-state index in [1.807, 2.05) is 21.9 Å². The molecular formula is C29H34FN5O3. The molecule has 1 aliphatic carbocycles. The van der Waals surface area contributed by atoms with E-state index in [4.69, 9.17) is 10.1 Å². The van der Waals surface area contributed by atoms with Crippen molar-refractivity contribution in [1.82, 2.24) is 19.5 Å². The molecular weight excluding hydrogens is 485 g/mol. The number of aromatic nitrogens is 3. The molecule has 1 amide bonds. The number of carboxylic acids is 1. The number of halogens is 1. The molecule has 2 atom stereocenters. The molecule has 38 heavy (non-hydrogen) atoms. The highest BCUT2D eigenvalue weighted by Crippen LogP contribution is 2.38. The minimum Gasteiger partial charge on any atom is -0.481 e. The van der Waals surface area contributed by atoms with Crippen LogP contribution in [0.25, 0.3) is 16.9 Å². The smallest absolute Gasteiger partial charge is 0.308 e. The van der Waals surface area contributed by atoms with Crippen molar-refractivity contribution in [3.8, 4) is 11.3 Å². The van der Waals surface area contributed by atoms with Gasteiger partial charge in [0.25, 0.3) is 5.91 Å². The molecule has 200 valence electrons. The number of hydrogen-bond donors (Lipinski definition) is 1. The van der Waals surface area contributed by atoms with Crippen LogP contribution in [0.3, 0.4) is 0 Å². The normalized spacial score (nSPS) is 22.5.